The van der Waals surface area contributed by atoms with E-state index in [4.69, 9.17) is 4.74 Å². The summed E-state index contributed by atoms with van der Waals surface area (Å²) in [4.78, 5) is 4.95. The number of nitrogens with one attached hydrogen (secondary N) is 1. The van der Waals surface area contributed by atoms with Gasteiger partial charge < -0.3 is 10.1 Å². The molecule has 1 fully saturated rings. The molecule has 3 nitrogen and oxygen atoms in total. The normalized spacial score (nSPS) is 17.7. The molecule has 1 unspecified atom stereocenters. The van der Waals surface area contributed by atoms with Crippen LogP contribution in [0.1, 0.15) is 27.8 Å². The predicted molar refractivity (Wildman–Crippen MR) is 92.9 cm³/mol. The molecule has 1 saturated heterocycles. The minimum absolute atomic E-state index is 0.0410. The van der Waals surface area contributed by atoms with Gasteiger partial charge in [-0.25, -0.2) is 4.39 Å². The van der Waals surface area contributed by atoms with Gasteiger partial charge in [-0.1, -0.05) is 0 Å². The van der Waals surface area contributed by atoms with Crippen LogP contribution in [0.25, 0.3) is 0 Å². The molecule has 3 rings (SSSR count). The highest BCUT2D eigenvalue weighted by Crippen LogP contribution is 2.38. The van der Waals surface area contributed by atoms with E-state index in [1.807, 2.05) is 0 Å². The van der Waals surface area contributed by atoms with Crippen LogP contribution < -0.4 is 10.1 Å². The lowest BCUT2D eigenvalue weighted by Crippen LogP contribution is -2.32. The van der Waals surface area contributed by atoms with Crippen molar-refractivity contribution in [2.24, 2.45) is 0 Å². The van der Waals surface area contributed by atoms with Gasteiger partial charge in [-0.15, -0.1) is 11.3 Å². The van der Waals surface area contributed by atoms with Crippen molar-refractivity contribution >= 4 is 11.3 Å². The number of methoxy groups -OCH3 is 1. The lowest BCUT2D eigenvalue weighted by atomic mass is 10.0. The first-order valence-corrected chi connectivity index (χ1v) is 8.85. The molecule has 1 N–H and O–H groups in total. The number of aryl methyl sites for hydroxylation is 1. The van der Waals surface area contributed by atoms with Gasteiger partial charge >= 0.3 is 0 Å². The molecule has 1 aromatic heterocycles. The highest BCUT2D eigenvalue weighted by Gasteiger charge is 2.27. The number of halogens is 1. The third-order valence-corrected chi connectivity index (χ3v) is 5.31. The van der Waals surface area contributed by atoms with Crippen molar-refractivity contribution in [1.29, 1.82) is 0 Å². The summed E-state index contributed by atoms with van der Waals surface area (Å²) < 4.78 is 19.5. The second kappa shape index (κ2) is 7.43. The van der Waals surface area contributed by atoms with E-state index in [0.29, 0.717) is 0 Å². The summed E-state index contributed by atoms with van der Waals surface area (Å²) in [5.74, 6) is 0.534. The van der Waals surface area contributed by atoms with E-state index in [9.17, 15) is 4.39 Å². The van der Waals surface area contributed by atoms with Crippen molar-refractivity contribution < 1.29 is 9.13 Å². The SMILES string of the molecule is COc1ccc(F)cc1C(c1ccc(C)s1)N1CCCNCC1. The summed E-state index contributed by atoms with van der Waals surface area (Å²) in [6.45, 7) is 6.04. The Hall–Kier alpha value is -1.43. The average molecular weight is 334 g/mol. The standard InChI is InChI=1S/C18H23FN2OS/c1-13-4-7-17(23-13)18(21-10-3-8-20-9-11-21)15-12-14(19)5-6-16(15)22-2/h4-7,12,18,20H,3,8-11H2,1-2H3. The Labute approximate surface area is 141 Å². The topological polar surface area (TPSA) is 24.5 Å². The molecule has 0 amide bonds. The Morgan fingerprint density at radius 3 is 2.83 bits per heavy atom. The van der Waals surface area contributed by atoms with Gasteiger partial charge in [0.1, 0.15) is 11.6 Å². The van der Waals surface area contributed by atoms with Crippen molar-refractivity contribution in [3.8, 4) is 5.75 Å². The predicted octanol–water partition coefficient (Wildman–Crippen LogP) is 3.59. The molecule has 1 aliphatic heterocycles. The summed E-state index contributed by atoms with van der Waals surface area (Å²) in [5, 5.41) is 3.44. The quantitative estimate of drug-likeness (QED) is 0.925. The lowest BCUT2D eigenvalue weighted by molar-refractivity contribution is 0.238. The molecule has 1 aromatic carbocycles. The molecule has 23 heavy (non-hydrogen) atoms. The average Bonchev–Trinajstić information content (AvgIpc) is 2.80. The minimum atomic E-state index is -0.216. The number of ether oxygens (including phenoxy) is 1. The second-order valence-electron chi connectivity index (χ2n) is 5.88. The van der Waals surface area contributed by atoms with E-state index in [1.165, 1.54) is 15.8 Å². The number of nitrogens with zero attached hydrogens (tertiary/aromatic N) is 1. The van der Waals surface area contributed by atoms with E-state index < -0.39 is 0 Å². The molecular weight excluding hydrogens is 311 g/mol. The van der Waals surface area contributed by atoms with Gasteiger partial charge in [0.15, 0.2) is 0 Å². The van der Waals surface area contributed by atoms with Crippen LogP contribution in [0.2, 0.25) is 0 Å². The Bertz CT molecular complexity index is 650. The highest BCUT2D eigenvalue weighted by molar-refractivity contribution is 7.12. The molecular formula is C18H23FN2OS. The highest BCUT2D eigenvalue weighted by atomic mass is 32.1. The first-order valence-electron chi connectivity index (χ1n) is 8.03. The largest absolute Gasteiger partial charge is 0.496 e. The third-order valence-electron chi connectivity index (χ3n) is 4.26. The third kappa shape index (κ3) is 3.74. The summed E-state index contributed by atoms with van der Waals surface area (Å²) in [6.07, 6.45) is 1.10. The second-order valence-corrected chi connectivity index (χ2v) is 7.20. The Morgan fingerprint density at radius 1 is 1.22 bits per heavy atom. The smallest absolute Gasteiger partial charge is 0.124 e. The number of benzene rings is 1. The van der Waals surface area contributed by atoms with Crippen LogP contribution in [-0.2, 0) is 0 Å². The monoisotopic (exact) mass is 334 g/mol. The first-order chi connectivity index (χ1) is 11.2. The van der Waals surface area contributed by atoms with E-state index in [-0.39, 0.29) is 11.9 Å². The molecule has 2 aromatic rings. The van der Waals surface area contributed by atoms with Crippen molar-refractivity contribution in [1.82, 2.24) is 10.2 Å². The van der Waals surface area contributed by atoms with Crippen molar-refractivity contribution in [2.75, 3.05) is 33.3 Å². The molecule has 0 aliphatic carbocycles. The number of hydrogen-bond donors (Lipinski definition) is 1. The summed E-state index contributed by atoms with van der Waals surface area (Å²) >= 11 is 1.78. The molecule has 124 valence electrons. The molecule has 2 heterocycles. The van der Waals surface area contributed by atoms with Gasteiger partial charge in [-0.05, 0) is 50.2 Å². The van der Waals surface area contributed by atoms with Crippen LogP contribution >= 0.6 is 11.3 Å². The minimum Gasteiger partial charge on any atom is -0.496 e. The molecule has 5 heteroatoms. The van der Waals surface area contributed by atoms with E-state index >= 15 is 0 Å². The van der Waals surface area contributed by atoms with Crippen molar-refractivity contribution in [3.05, 3.63) is 51.5 Å². The lowest BCUT2D eigenvalue weighted by Gasteiger charge is -2.31. The molecule has 1 atom stereocenters. The van der Waals surface area contributed by atoms with Crippen LogP contribution in [0.4, 0.5) is 4.39 Å². The Balaban J connectivity index is 2.05. The zero-order chi connectivity index (χ0) is 16.2. The van der Waals surface area contributed by atoms with Crippen LogP contribution in [0.5, 0.6) is 5.75 Å². The molecule has 0 spiro atoms. The summed E-state index contributed by atoms with van der Waals surface area (Å²) in [7, 11) is 1.65. The van der Waals surface area contributed by atoms with Crippen LogP contribution in [0.15, 0.2) is 30.3 Å². The molecule has 0 saturated carbocycles. The Morgan fingerprint density at radius 2 is 2.09 bits per heavy atom. The fraction of sp³-hybridized carbons (Fsp3) is 0.444. The number of thiophene rings is 1. The van der Waals surface area contributed by atoms with Gasteiger partial charge in [0, 0.05) is 35.0 Å². The van der Waals surface area contributed by atoms with Gasteiger partial charge in [0.2, 0.25) is 0 Å². The number of rotatable bonds is 4. The van der Waals surface area contributed by atoms with Crippen molar-refractivity contribution in [3.63, 3.8) is 0 Å². The molecule has 1 aliphatic rings. The molecule has 0 bridgehead atoms. The molecule has 0 radical (unpaired) electrons. The van der Waals surface area contributed by atoms with Crippen LogP contribution in [0.3, 0.4) is 0 Å². The van der Waals surface area contributed by atoms with Crippen molar-refractivity contribution in [2.45, 2.75) is 19.4 Å². The van der Waals surface area contributed by atoms with E-state index in [0.717, 1.165) is 43.9 Å². The fourth-order valence-electron chi connectivity index (χ4n) is 3.17. The maximum atomic E-state index is 13.9. The fourth-order valence-corrected chi connectivity index (χ4v) is 4.21. The van der Waals surface area contributed by atoms with Crippen LogP contribution in [0, 0.1) is 12.7 Å². The maximum absolute atomic E-state index is 13.9. The zero-order valence-electron chi connectivity index (χ0n) is 13.6. The van der Waals surface area contributed by atoms with Crippen LogP contribution in [-0.4, -0.2) is 38.2 Å². The van der Waals surface area contributed by atoms with Gasteiger partial charge in [0.05, 0.1) is 13.2 Å². The van der Waals surface area contributed by atoms with Gasteiger partial charge in [-0.3, -0.25) is 4.90 Å². The van der Waals surface area contributed by atoms with E-state index in [1.54, 1.807) is 30.6 Å². The van der Waals surface area contributed by atoms with Gasteiger partial charge in [-0.2, -0.15) is 0 Å². The zero-order valence-corrected chi connectivity index (χ0v) is 14.5. The van der Waals surface area contributed by atoms with Gasteiger partial charge in [0.25, 0.3) is 0 Å². The summed E-state index contributed by atoms with van der Waals surface area (Å²) in [6, 6.07) is 9.15. The summed E-state index contributed by atoms with van der Waals surface area (Å²) in [5.41, 5.74) is 0.913. The number of hydrogen-bond acceptors (Lipinski definition) is 4. The maximum Gasteiger partial charge on any atom is 0.124 e. The first kappa shape index (κ1) is 16.4. The Kier molecular flexibility index (Phi) is 5.30. The van der Waals surface area contributed by atoms with E-state index in [2.05, 4.69) is 29.3 Å².